The molecular weight excluding hydrogens is 319 g/mol. The predicted octanol–water partition coefficient (Wildman–Crippen LogP) is 4.48. The average Bonchev–Trinajstić information content (AvgIpc) is 2.94. The first-order chi connectivity index (χ1) is 12.1. The quantitative estimate of drug-likeness (QED) is 0.709. The Bertz CT molecular complexity index is 954. The van der Waals surface area contributed by atoms with Gasteiger partial charge in [-0.2, -0.15) is 0 Å². The second-order valence-corrected chi connectivity index (χ2v) is 5.93. The number of rotatable bonds is 3. The Kier molecular flexibility index (Phi) is 3.69. The Hall–Kier alpha value is -3.21. The summed E-state index contributed by atoms with van der Waals surface area (Å²) < 4.78 is 19.8. The minimum absolute atomic E-state index is 0.135. The number of nitrogens with zero attached hydrogens (tertiary/aromatic N) is 2. The molecule has 0 N–H and O–H groups in total. The third-order valence-electron chi connectivity index (χ3n) is 4.11. The van der Waals surface area contributed by atoms with Crippen LogP contribution >= 0.6 is 0 Å². The summed E-state index contributed by atoms with van der Waals surface area (Å²) in [6.07, 6.45) is 1.58. The number of pyridine rings is 1. The van der Waals surface area contributed by atoms with E-state index in [2.05, 4.69) is 4.98 Å². The van der Waals surface area contributed by atoms with Crippen LogP contribution in [0.4, 0.5) is 10.1 Å². The van der Waals surface area contributed by atoms with Crippen LogP contribution in [0, 0.1) is 12.7 Å². The van der Waals surface area contributed by atoms with Gasteiger partial charge in [0.15, 0.2) is 0 Å². The maximum atomic E-state index is 14.1. The van der Waals surface area contributed by atoms with Gasteiger partial charge < -0.3 is 9.64 Å². The zero-order valence-corrected chi connectivity index (χ0v) is 13.6. The van der Waals surface area contributed by atoms with E-state index in [0.29, 0.717) is 29.3 Å². The van der Waals surface area contributed by atoms with Crippen LogP contribution in [0.3, 0.4) is 0 Å². The summed E-state index contributed by atoms with van der Waals surface area (Å²) in [5.41, 5.74) is 2.92. The van der Waals surface area contributed by atoms with Gasteiger partial charge in [-0.25, -0.2) is 4.39 Å². The van der Waals surface area contributed by atoms with E-state index in [1.54, 1.807) is 29.3 Å². The Morgan fingerprint density at radius 1 is 1.08 bits per heavy atom. The Morgan fingerprint density at radius 2 is 1.92 bits per heavy atom. The molecule has 0 saturated heterocycles. The van der Waals surface area contributed by atoms with Crippen molar-refractivity contribution < 1.29 is 13.9 Å². The van der Waals surface area contributed by atoms with E-state index in [0.717, 1.165) is 11.3 Å². The number of carbonyl (C=O) groups is 1. The SMILES string of the molecule is Cc1ccc(Oc2cc(F)cc(N3Cc4ccccc4C3=O)c2)cn1. The topological polar surface area (TPSA) is 42.4 Å². The highest BCUT2D eigenvalue weighted by Crippen LogP contribution is 2.32. The highest BCUT2D eigenvalue weighted by molar-refractivity contribution is 6.10. The van der Waals surface area contributed by atoms with E-state index in [1.807, 2.05) is 31.2 Å². The number of ether oxygens (including phenoxy) is 1. The molecule has 1 amide bonds. The molecule has 124 valence electrons. The van der Waals surface area contributed by atoms with Crippen LogP contribution in [0.2, 0.25) is 0 Å². The highest BCUT2D eigenvalue weighted by atomic mass is 19.1. The molecule has 1 aliphatic rings. The molecule has 0 aliphatic carbocycles. The molecule has 2 aromatic carbocycles. The monoisotopic (exact) mass is 334 g/mol. The van der Waals surface area contributed by atoms with Crippen molar-refractivity contribution in [2.45, 2.75) is 13.5 Å². The van der Waals surface area contributed by atoms with E-state index in [4.69, 9.17) is 4.74 Å². The normalized spacial score (nSPS) is 13.0. The van der Waals surface area contributed by atoms with E-state index >= 15 is 0 Å². The summed E-state index contributed by atoms with van der Waals surface area (Å²) >= 11 is 0. The Balaban J connectivity index is 1.64. The summed E-state index contributed by atoms with van der Waals surface area (Å²) in [6.45, 7) is 2.30. The number of anilines is 1. The van der Waals surface area contributed by atoms with Crippen molar-refractivity contribution in [2.75, 3.05) is 4.90 Å². The summed E-state index contributed by atoms with van der Waals surface area (Å²) in [7, 11) is 0. The van der Waals surface area contributed by atoms with E-state index in [9.17, 15) is 9.18 Å². The number of aromatic nitrogens is 1. The van der Waals surface area contributed by atoms with Crippen molar-refractivity contribution in [3.05, 3.63) is 83.4 Å². The second-order valence-electron chi connectivity index (χ2n) is 5.93. The van der Waals surface area contributed by atoms with Crippen LogP contribution in [0.15, 0.2) is 60.8 Å². The lowest BCUT2D eigenvalue weighted by molar-refractivity contribution is 0.0996. The number of hydrogen-bond acceptors (Lipinski definition) is 3. The lowest BCUT2D eigenvalue weighted by atomic mass is 10.1. The van der Waals surface area contributed by atoms with Gasteiger partial charge in [-0.1, -0.05) is 18.2 Å². The van der Waals surface area contributed by atoms with Crippen LogP contribution in [0.25, 0.3) is 0 Å². The number of benzene rings is 2. The summed E-state index contributed by atoms with van der Waals surface area (Å²) in [4.78, 5) is 18.3. The predicted molar refractivity (Wildman–Crippen MR) is 92.4 cm³/mol. The number of fused-ring (bicyclic) bond motifs is 1. The molecule has 0 spiro atoms. The fourth-order valence-corrected chi connectivity index (χ4v) is 2.88. The Labute approximate surface area is 144 Å². The molecule has 0 saturated carbocycles. The number of amides is 1. The van der Waals surface area contributed by atoms with Crippen molar-refractivity contribution in [3.8, 4) is 11.5 Å². The van der Waals surface area contributed by atoms with Gasteiger partial charge in [0.1, 0.15) is 17.3 Å². The zero-order chi connectivity index (χ0) is 17.4. The van der Waals surface area contributed by atoms with Crippen LogP contribution in [-0.4, -0.2) is 10.9 Å². The van der Waals surface area contributed by atoms with E-state index < -0.39 is 5.82 Å². The zero-order valence-electron chi connectivity index (χ0n) is 13.6. The van der Waals surface area contributed by atoms with Crippen LogP contribution < -0.4 is 9.64 Å². The molecule has 1 aromatic heterocycles. The van der Waals surface area contributed by atoms with Crippen LogP contribution in [0.1, 0.15) is 21.6 Å². The molecule has 5 heteroatoms. The average molecular weight is 334 g/mol. The molecule has 4 rings (SSSR count). The molecule has 0 atom stereocenters. The van der Waals surface area contributed by atoms with E-state index in [1.165, 1.54) is 12.1 Å². The van der Waals surface area contributed by atoms with Gasteiger partial charge in [0.2, 0.25) is 0 Å². The van der Waals surface area contributed by atoms with Gasteiger partial charge in [-0.15, -0.1) is 0 Å². The molecular formula is C20H15FN2O2. The Morgan fingerprint density at radius 3 is 2.68 bits per heavy atom. The van der Waals surface area contributed by atoms with Crippen molar-refractivity contribution >= 4 is 11.6 Å². The minimum Gasteiger partial charge on any atom is -0.456 e. The van der Waals surface area contributed by atoms with Gasteiger partial charge in [-0.3, -0.25) is 9.78 Å². The second kappa shape index (κ2) is 6.02. The molecule has 2 heterocycles. The molecule has 25 heavy (non-hydrogen) atoms. The molecule has 0 bridgehead atoms. The van der Waals surface area contributed by atoms with Crippen molar-refractivity contribution in [1.29, 1.82) is 0 Å². The summed E-state index contributed by atoms with van der Waals surface area (Å²) in [5.74, 6) is 0.239. The fraction of sp³-hybridized carbons (Fsp3) is 0.100. The largest absolute Gasteiger partial charge is 0.456 e. The standard InChI is InChI=1S/C20H15FN2O2/c1-13-6-7-17(11-22-13)25-18-9-15(21)8-16(10-18)23-12-14-4-2-3-5-19(14)20(23)24/h2-11H,12H2,1H3. The molecule has 0 fully saturated rings. The van der Waals surface area contributed by atoms with Gasteiger partial charge in [0.05, 0.1) is 18.4 Å². The molecule has 4 nitrogen and oxygen atoms in total. The van der Waals surface area contributed by atoms with Crippen molar-refractivity contribution in [3.63, 3.8) is 0 Å². The minimum atomic E-state index is -0.462. The van der Waals surface area contributed by atoms with E-state index in [-0.39, 0.29) is 5.91 Å². The lowest BCUT2D eigenvalue weighted by Gasteiger charge is -2.17. The number of halogens is 1. The van der Waals surface area contributed by atoms with Crippen LogP contribution in [0.5, 0.6) is 11.5 Å². The van der Waals surface area contributed by atoms with Gasteiger partial charge in [-0.05, 0) is 36.8 Å². The number of aryl methyl sites for hydroxylation is 1. The highest BCUT2D eigenvalue weighted by Gasteiger charge is 2.28. The smallest absolute Gasteiger partial charge is 0.258 e. The first-order valence-electron chi connectivity index (χ1n) is 7.91. The number of hydrogen-bond donors (Lipinski definition) is 0. The summed E-state index contributed by atoms with van der Waals surface area (Å²) in [6, 6.07) is 15.3. The van der Waals surface area contributed by atoms with Gasteiger partial charge in [0, 0.05) is 23.4 Å². The van der Waals surface area contributed by atoms with Crippen molar-refractivity contribution in [1.82, 2.24) is 4.98 Å². The van der Waals surface area contributed by atoms with Gasteiger partial charge >= 0.3 is 0 Å². The van der Waals surface area contributed by atoms with Crippen molar-refractivity contribution in [2.24, 2.45) is 0 Å². The third kappa shape index (κ3) is 2.96. The van der Waals surface area contributed by atoms with Crippen LogP contribution in [-0.2, 0) is 6.54 Å². The molecule has 0 unspecified atom stereocenters. The lowest BCUT2D eigenvalue weighted by Crippen LogP contribution is -2.23. The first kappa shape index (κ1) is 15.3. The maximum Gasteiger partial charge on any atom is 0.258 e. The third-order valence-corrected chi connectivity index (χ3v) is 4.11. The van der Waals surface area contributed by atoms with Gasteiger partial charge in [0.25, 0.3) is 5.91 Å². The maximum absolute atomic E-state index is 14.1. The molecule has 3 aromatic rings. The summed E-state index contributed by atoms with van der Waals surface area (Å²) in [5, 5.41) is 0. The molecule has 0 radical (unpaired) electrons. The molecule has 1 aliphatic heterocycles. The first-order valence-corrected chi connectivity index (χ1v) is 7.91. The number of carbonyl (C=O) groups excluding carboxylic acids is 1. The fourth-order valence-electron chi connectivity index (χ4n) is 2.88.